The predicted molar refractivity (Wildman–Crippen MR) is 86.0 cm³/mol. The van der Waals surface area contributed by atoms with Gasteiger partial charge in [0, 0.05) is 17.7 Å². The average Bonchev–Trinajstić information content (AvgIpc) is 2.54. The number of esters is 1. The highest BCUT2D eigenvalue weighted by atomic mass is 19.1. The van der Waals surface area contributed by atoms with Crippen molar-refractivity contribution in [2.24, 2.45) is 5.92 Å². The van der Waals surface area contributed by atoms with Crippen LogP contribution in [0.2, 0.25) is 0 Å². The zero-order valence-electron chi connectivity index (χ0n) is 13.3. The van der Waals surface area contributed by atoms with E-state index in [-0.39, 0.29) is 18.6 Å². The summed E-state index contributed by atoms with van der Waals surface area (Å²) < 4.78 is 18.3. The minimum absolute atomic E-state index is 0.156. The molecule has 2 atom stereocenters. The molecule has 1 aliphatic carbocycles. The Hall–Kier alpha value is -2.17. The van der Waals surface area contributed by atoms with Crippen LogP contribution >= 0.6 is 0 Å². The van der Waals surface area contributed by atoms with E-state index in [0.29, 0.717) is 11.5 Å². The van der Waals surface area contributed by atoms with Gasteiger partial charge in [0.2, 0.25) is 0 Å². The van der Waals surface area contributed by atoms with Crippen molar-refractivity contribution in [1.29, 1.82) is 0 Å². The van der Waals surface area contributed by atoms with E-state index < -0.39 is 11.8 Å². The molecule has 4 nitrogen and oxygen atoms in total. The average molecular weight is 319 g/mol. The van der Waals surface area contributed by atoms with Crippen molar-refractivity contribution >= 4 is 18.0 Å². The molecule has 0 radical (unpaired) electrons. The van der Waals surface area contributed by atoms with Crippen molar-refractivity contribution in [3.63, 3.8) is 0 Å². The lowest BCUT2D eigenvalue weighted by Crippen LogP contribution is -2.42. The van der Waals surface area contributed by atoms with Gasteiger partial charge in [-0.2, -0.15) is 0 Å². The molecule has 0 spiro atoms. The Bertz CT molecular complexity index is 585. The lowest BCUT2D eigenvalue weighted by molar-refractivity contribution is -0.144. The van der Waals surface area contributed by atoms with Crippen LogP contribution in [0.4, 0.5) is 4.39 Å². The van der Waals surface area contributed by atoms with Gasteiger partial charge in [-0.15, -0.1) is 0 Å². The molecule has 0 aliphatic heterocycles. The first-order valence-corrected chi connectivity index (χ1v) is 7.95. The highest BCUT2D eigenvalue weighted by molar-refractivity contribution is 5.89. The van der Waals surface area contributed by atoms with E-state index in [1.54, 1.807) is 18.2 Å². The third kappa shape index (κ3) is 5.51. The minimum atomic E-state index is -0.667. The van der Waals surface area contributed by atoms with E-state index in [2.05, 4.69) is 12.2 Å². The number of rotatable bonds is 5. The van der Waals surface area contributed by atoms with Gasteiger partial charge in [0.25, 0.3) is 5.91 Å². The number of amides is 1. The smallest absolute Gasteiger partial charge is 0.331 e. The fourth-order valence-electron chi connectivity index (χ4n) is 2.73. The molecule has 5 heteroatoms. The van der Waals surface area contributed by atoms with Gasteiger partial charge in [0.15, 0.2) is 6.61 Å². The quantitative estimate of drug-likeness (QED) is 0.670. The number of halogens is 1. The summed E-state index contributed by atoms with van der Waals surface area (Å²) in [6.07, 6.45) is 6.83. The maximum atomic E-state index is 13.4. The van der Waals surface area contributed by atoms with Gasteiger partial charge in [0.05, 0.1) is 0 Å². The Morgan fingerprint density at radius 3 is 2.78 bits per heavy atom. The molecule has 1 aromatic rings. The molecule has 1 N–H and O–H groups in total. The summed E-state index contributed by atoms with van der Waals surface area (Å²) in [4.78, 5) is 23.4. The molecular weight excluding hydrogens is 297 g/mol. The Morgan fingerprint density at radius 1 is 1.30 bits per heavy atom. The maximum absolute atomic E-state index is 13.4. The van der Waals surface area contributed by atoms with Crippen molar-refractivity contribution in [2.75, 3.05) is 6.61 Å². The summed E-state index contributed by atoms with van der Waals surface area (Å²) in [5.74, 6) is -0.929. The number of carbonyl (C=O) groups is 2. The Morgan fingerprint density at radius 2 is 2.04 bits per heavy atom. The molecule has 1 aliphatic rings. The van der Waals surface area contributed by atoms with Gasteiger partial charge in [-0.1, -0.05) is 38.0 Å². The van der Waals surface area contributed by atoms with Crippen LogP contribution in [0.15, 0.2) is 30.3 Å². The fourth-order valence-corrected chi connectivity index (χ4v) is 2.73. The molecule has 2 rings (SSSR count). The molecule has 1 fully saturated rings. The first-order chi connectivity index (χ1) is 11.1. The van der Waals surface area contributed by atoms with Crippen LogP contribution in [0.25, 0.3) is 6.08 Å². The van der Waals surface area contributed by atoms with Gasteiger partial charge in [0.1, 0.15) is 5.82 Å². The van der Waals surface area contributed by atoms with Crippen LogP contribution < -0.4 is 5.32 Å². The zero-order chi connectivity index (χ0) is 16.7. The third-order valence-electron chi connectivity index (χ3n) is 4.11. The molecule has 0 aromatic heterocycles. The Balaban J connectivity index is 1.75. The monoisotopic (exact) mass is 319 g/mol. The van der Waals surface area contributed by atoms with E-state index in [0.717, 1.165) is 25.3 Å². The van der Waals surface area contributed by atoms with Gasteiger partial charge >= 0.3 is 5.97 Å². The van der Waals surface area contributed by atoms with E-state index >= 15 is 0 Å². The van der Waals surface area contributed by atoms with Crippen molar-refractivity contribution < 1.29 is 18.7 Å². The van der Waals surface area contributed by atoms with Gasteiger partial charge in [-0.05, 0) is 30.9 Å². The fraction of sp³-hybridized carbons (Fsp3) is 0.444. The number of nitrogens with one attached hydrogen (secondary N) is 1. The highest BCUT2D eigenvalue weighted by Crippen LogP contribution is 2.23. The van der Waals surface area contributed by atoms with Crippen LogP contribution in [-0.2, 0) is 14.3 Å². The van der Waals surface area contributed by atoms with E-state index in [4.69, 9.17) is 4.74 Å². The Kier molecular flexibility index (Phi) is 6.32. The lowest BCUT2D eigenvalue weighted by Gasteiger charge is -2.29. The molecule has 0 bridgehead atoms. The molecule has 1 saturated carbocycles. The number of carbonyl (C=O) groups excluding carboxylic acids is 2. The normalized spacial score (nSPS) is 21.1. The largest absolute Gasteiger partial charge is 0.452 e. The number of hydrogen-bond acceptors (Lipinski definition) is 3. The summed E-state index contributed by atoms with van der Waals surface area (Å²) in [6, 6.07) is 6.26. The number of benzene rings is 1. The first kappa shape index (κ1) is 17.2. The third-order valence-corrected chi connectivity index (χ3v) is 4.11. The summed E-state index contributed by atoms with van der Waals surface area (Å²) in [5.41, 5.74) is 0.296. The molecule has 1 aromatic carbocycles. The second-order valence-electron chi connectivity index (χ2n) is 5.90. The van der Waals surface area contributed by atoms with Gasteiger partial charge in [-0.25, -0.2) is 9.18 Å². The van der Waals surface area contributed by atoms with Crippen molar-refractivity contribution in [2.45, 2.75) is 38.6 Å². The van der Waals surface area contributed by atoms with Crippen molar-refractivity contribution in [1.82, 2.24) is 5.32 Å². The summed E-state index contributed by atoms with van der Waals surface area (Å²) in [5, 5.41) is 2.91. The standard InChI is InChI=1S/C18H22FNO3/c1-13-6-2-5-9-16(13)20-17(21)12-23-18(22)11-10-14-7-3-4-8-15(14)19/h3-4,7-8,10-11,13,16H,2,5-6,9,12H2,1H3,(H,20,21)/b11-10+/t13-,16-/m1/s1. The molecule has 0 saturated heterocycles. The van der Waals surface area contributed by atoms with Gasteiger partial charge in [-0.3, -0.25) is 4.79 Å². The maximum Gasteiger partial charge on any atom is 0.331 e. The van der Waals surface area contributed by atoms with Crippen LogP contribution in [-0.4, -0.2) is 24.5 Å². The minimum Gasteiger partial charge on any atom is -0.452 e. The van der Waals surface area contributed by atoms with Crippen LogP contribution in [0, 0.1) is 11.7 Å². The second kappa shape index (κ2) is 8.46. The van der Waals surface area contributed by atoms with E-state index in [1.807, 2.05) is 0 Å². The Labute approximate surface area is 135 Å². The van der Waals surface area contributed by atoms with Crippen molar-refractivity contribution in [3.8, 4) is 0 Å². The number of ether oxygens (including phenoxy) is 1. The molecular formula is C18H22FNO3. The highest BCUT2D eigenvalue weighted by Gasteiger charge is 2.22. The molecule has 124 valence electrons. The predicted octanol–water partition coefficient (Wildman–Crippen LogP) is 3.08. The zero-order valence-corrected chi connectivity index (χ0v) is 13.3. The second-order valence-corrected chi connectivity index (χ2v) is 5.90. The topological polar surface area (TPSA) is 55.4 Å². The SMILES string of the molecule is C[C@@H]1CCCC[C@H]1NC(=O)COC(=O)/C=C/c1ccccc1F. The number of hydrogen-bond donors (Lipinski definition) is 1. The van der Waals surface area contributed by atoms with Gasteiger partial charge < -0.3 is 10.1 Å². The summed E-state index contributed by atoms with van der Waals surface area (Å²) >= 11 is 0. The van der Waals surface area contributed by atoms with E-state index in [9.17, 15) is 14.0 Å². The van der Waals surface area contributed by atoms with Crippen LogP contribution in [0.1, 0.15) is 38.2 Å². The first-order valence-electron chi connectivity index (χ1n) is 7.95. The summed E-state index contributed by atoms with van der Waals surface area (Å²) in [7, 11) is 0. The van der Waals surface area contributed by atoms with Crippen molar-refractivity contribution in [3.05, 3.63) is 41.7 Å². The lowest BCUT2D eigenvalue weighted by atomic mass is 9.86. The van der Waals surface area contributed by atoms with Crippen LogP contribution in [0.3, 0.4) is 0 Å². The molecule has 1 amide bonds. The molecule has 0 heterocycles. The van der Waals surface area contributed by atoms with Crippen LogP contribution in [0.5, 0.6) is 0 Å². The molecule has 23 heavy (non-hydrogen) atoms. The summed E-state index contributed by atoms with van der Waals surface area (Å²) in [6.45, 7) is 1.80. The molecule has 0 unspecified atom stereocenters. The van der Waals surface area contributed by atoms with E-state index in [1.165, 1.54) is 18.6 Å².